The third-order valence-electron chi connectivity index (χ3n) is 5.16. The average Bonchev–Trinajstić information content (AvgIpc) is 2.74. The molecule has 1 heterocycles. The minimum Gasteiger partial charge on any atom is -0.451 e. The van der Waals surface area contributed by atoms with Crippen LogP contribution < -0.4 is 0 Å². The molecule has 0 N–H and O–H groups in total. The molecule has 0 amide bonds. The van der Waals surface area contributed by atoms with Crippen molar-refractivity contribution in [2.24, 2.45) is 0 Å². The van der Waals surface area contributed by atoms with Crippen LogP contribution in [0.1, 0.15) is 52.5 Å². The lowest BCUT2D eigenvalue weighted by molar-refractivity contribution is 0.0318. The van der Waals surface area contributed by atoms with E-state index in [1.165, 1.54) is 35.5 Å². The van der Waals surface area contributed by atoms with E-state index in [4.69, 9.17) is 4.74 Å². The molecule has 160 valence electrons. The van der Waals surface area contributed by atoms with Gasteiger partial charge in [0.25, 0.3) is 0 Å². The Morgan fingerprint density at radius 1 is 1.03 bits per heavy atom. The lowest BCUT2D eigenvalue weighted by Crippen LogP contribution is -2.35. The highest BCUT2D eigenvalue weighted by atomic mass is 32.2. The number of aryl methyl sites for hydroxylation is 1. The maximum absolute atomic E-state index is 13.0. The largest absolute Gasteiger partial charge is 0.451 e. The van der Waals surface area contributed by atoms with Gasteiger partial charge in [0.1, 0.15) is 5.82 Å². The monoisotopic (exact) mass is 433 g/mol. The smallest absolute Gasteiger partial charge is 0.339 e. The highest BCUT2D eigenvalue weighted by Gasteiger charge is 2.28. The van der Waals surface area contributed by atoms with E-state index in [0.717, 1.165) is 31.4 Å². The summed E-state index contributed by atoms with van der Waals surface area (Å²) in [5.41, 5.74) is 0.848. The quantitative estimate of drug-likeness (QED) is 0.512. The fraction of sp³-hybridized carbons (Fsp3) is 0.364. The van der Waals surface area contributed by atoms with E-state index in [1.54, 1.807) is 13.0 Å². The molecule has 0 radical (unpaired) electrons. The molecule has 1 fully saturated rings. The number of nitrogens with zero attached hydrogens (tertiary/aromatic N) is 1. The number of Topliss-reactive ketones (excluding diaryl/α,β-unsaturated/α-hetero) is 1. The molecule has 1 aliphatic heterocycles. The van der Waals surface area contributed by atoms with E-state index >= 15 is 0 Å². The van der Waals surface area contributed by atoms with Gasteiger partial charge in [0.05, 0.1) is 10.5 Å². The Morgan fingerprint density at radius 3 is 2.30 bits per heavy atom. The molecule has 8 heteroatoms. The first-order valence-electron chi connectivity index (χ1n) is 9.81. The normalized spacial score (nSPS) is 16.1. The molecular formula is C22H24FNO5S. The van der Waals surface area contributed by atoms with Gasteiger partial charge < -0.3 is 4.74 Å². The molecule has 3 rings (SSSR count). The third-order valence-corrected chi connectivity index (χ3v) is 7.06. The molecule has 0 saturated carbocycles. The third kappa shape index (κ3) is 4.76. The molecule has 0 spiro atoms. The number of piperidine rings is 1. The summed E-state index contributed by atoms with van der Waals surface area (Å²) in [6, 6.07) is 9.28. The number of esters is 1. The van der Waals surface area contributed by atoms with Crippen molar-refractivity contribution in [1.82, 2.24) is 4.31 Å². The number of ketones is 1. The zero-order valence-corrected chi connectivity index (χ0v) is 17.7. The number of carbonyl (C=O) groups excluding carboxylic acids is 2. The molecule has 2 aromatic carbocycles. The lowest BCUT2D eigenvalue weighted by Gasteiger charge is -2.26. The number of sulfonamides is 1. The van der Waals surface area contributed by atoms with Crippen molar-refractivity contribution in [3.63, 3.8) is 0 Å². The maximum Gasteiger partial charge on any atom is 0.339 e. The summed E-state index contributed by atoms with van der Waals surface area (Å²) in [7, 11) is -3.70. The van der Waals surface area contributed by atoms with E-state index in [1.807, 2.05) is 0 Å². The summed E-state index contributed by atoms with van der Waals surface area (Å²) in [6.45, 7) is 4.01. The first-order chi connectivity index (χ1) is 14.2. The average molecular weight is 434 g/mol. The van der Waals surface area contributed by atoms with Crippen LogP contribution >= 0.6 is 0 Å². The van der Waals surface area contributed by atoms with E-state index in [0.29, 0.717) is 18.7 Å². The standard InChI is InChI=1S/C22H24FNO5S/c1-15-6-11-19(30(27,28)24-12-4-3-5-13-24)14-20(15)22(26)29-16(2)21(25)17-7-9-18(23)10-8-17/h6-11,14,16H,3-5,12-13H2,1-2H3. The predicted molar refractivity (Wildman–Crippen MR) is 109 cm³/mol. The number of ether oxygens (including phenoxy) is 1. The fourth-order valence-electron chi connectivity index (χ4n) is 3.36. The van der Waals surface area contributed by atoms with Crippen LogP contribution in [0.2, 0.25) is 0 Å². The number of benzene rings is 2. The Balaban J connectivity index is 1.79. The predicted octanol–water partition coefficient (Wildman–Crippen LogP) is 3.74. The zero-order valence-electron chi connectivity index (χ0n) is 16.9. The molecule has 0 aromatic heterocycles. The van der Waals surface area contributed by atoms with Crippen molar-refractivity contribution in [2.75, 3.05) is 13.1 Å². The Kier molecular flexibility index (Phi) is 6.67. The lowest BCUT2D eigenvalue weighted by atomic mass is 10.1. The Labute approximate surface area is 175 Å². The Morgan fingerprint density at radius 2 is 1.67 bits per heavy atom. The molecule has 0 aliphatic carbocycles. The molecule has 2 aromatic rings. The van der Waals surface area contributed by atoms with Crippen molar-refractivity contribution in [1.29, 1.82) is 0 Å². The van der Waals surface area contributed by atoms with E-state index in [9.17, 15) is 22.4 Å². The van der Waals surface area contributed by atoms with Gasteiger partial charge in [-0.15, -0.1) is 0 Å². The summed E-state index contributed by atoms with van der Waals surface area (Å²) in [6.07, 6.45) is 1.51. The number of rotatable bonds is 6. The van der Waals surface area contributed by atoms with Gasteiger partial charge in [0.15, 0.2) is 6.10 Å². The van der Waals surface area contributed by atoms with Gasteiger partial charge in [0.2, 0.25) is 15.8 Å². The van der Waals surface area contributed by atoms with Gasteiger partial charge >= 0.3 is 5.97 Å². The van der Waals surface area contributed by atoms with Crippen molar-refractivity contribution in [3.05, 3.63) is 65.0 Å². The van der Waals surface area contributed by atoms with Gasteiger partial charge in [0, 0.05) is 18.7 Å². The van der Waals surface area contributed by atoms with Crippen LogP contribution in [0.3, 0.4) is 0 Å². The van der Waals surface area contributed by atoms with Crippen molar-refractivity contribution in [3.8, 4) is 0 Å². The van der Waals surface area contributed by atoms with E-state index in [2.05, 4.69) is 0 Å². The number of carbonyl (C=O) groups is 2. The second-order valence-corrected chi connectivity index (χ2v) is 9.30. The van der Waals surface area contributed by atoms with Crippen LogP contribution in [0.4, 0.5) is 4.39 Å². The molecule has 0 bridgehead atoms. The van der Waals surface area contributed by atoms with Crippen LogP contribution in [-0.4, -0.2) is 43.7 Å². The van der Waals surface area contributed by atoms with Gasteiger partial charge in [-0.2, -0.15) is 4.31 Å². The first kappa shape index (κ1) is 22.1. The van der Waals surface area contributed by atoms with Crippen LogP contribution in [0.15, 0.2) is 47.4 Å². The Bertz CT molecular complexity index is 1040. The van der Waals surface area contributed by atoms with Gasteiger partial charge in [-0.1, -0.05) is 12.5 Å². The Hall–Kier alpha value is -2.58. The minimum absolute atomic E-state index is 0.0273. The molecule has 30 heavy (non-hydrogen) atoms. The van der Waals surface area contributed by atoms with Gasteiger partial charge in [-0.25, -0.2) is 17.6 Å². The zero-order chi connectivity index (χ0) is 21.9. The van der Waals surface area contributed by atoms with Crippen LogP contribution in [0, 0.1) is 12.7 Å². The molecule has 1 aliphatic rings. The second-order valence-electron chi connectivity index (χ2n) is 7.36. The van der Waals surface area contributed by atoms with Crippen molar-refractivity contribution in [2.45, 2.75) is 44.1 Å². The summed E-state index contributed by atoms with van der Waals surface area (Å²) in [4.78, 5) is 25.1. The fourth-order valence-corrected chi connectivity index (χ4v) is 4.91. The van der Waals surface area contributed by atoms with E-state index in [-0.39, 0.29) is 16.0 Å². The molecule has 1 atom stereocenters. The maximum atomic E-state index is 13.0. The number of hydrogen-bond acceptors (Lipinski definition) is 5. The first-order valence-corrected chi connectivity index (χ1v) is 11.3. The molecule has 6 nitrogen and oxygen atoms in total. The second kappa shape index (κ2) is 9.06. The SMILES string of the molecule is Cc1ccc(S(=O)(=O)N2CCCCC2)cc1C(=O)OC(C)C(=O)c1ccc(F)cc1. The van der Waals surface area contributed by atoms with E-state index < -0.39 is 33.7 Å². The minimum atomic E-state index is -3.70. The van der Waals surface area contributed by atoms with Crippen molar-refractivity contribution < 1.29 is 27.1 Å². The van der Waals surface area contributed by atoms with Crippen molar-refractivity contribution >= 4 is 21.8 Å². The van der Waals surface area contributed by atoms with Crippen LogP contribution in [-0.2, 0) is 14.8 Å². The number of hydrogen-bond donors (Lipinski definition) is 0. The molecular weight excluding hydrogens is 409 g/mol. The number of halogens is 1. The highest BCUT2D eigenvalue weighted by molar-refractivity contribution is 7.89. The highest BCUT2D eigenvalue weighted by Crippen LogP contribution is 2.23. The van der Waals surface area contributed by atoms with Crippen LogP contribution in [0.25, 0.3) is 0 Å². The summed E-state index contributed by atoms with van der Waals surface area (Å²) < 4.78 is 45.6. The summed E-state index contributed by atoms with van der Waals surface area (Å²) in [5.74, 6) is -1.73. The van der Waals surface area contributed by atoms with Gasteiger partial charge in [-0.05, 0) is 68.7 Å². The summed E-state index contributed by atoms with van der Waals surface area (Å²) in [5, 5.41) is 0. The topological polar surface area (TPSA) is 80.8 Å². The van der Waals surface area contributed by atoms with Crippen LogP contribution in [0.5, 0.6) is 0 Å². The summed E-state index contributed by atoms with van der Waals surface area (Å²) >= 11 is 0. The van der Waals surface area contributed by atoms with Gasteiger partial charge in [-0.3, -0.25) is 4.79 Å². The molecule has 1 saturated heterocycles. The molecule has 1 unspecified atom stereocenters.